The molecule has 1 fully saturated rings. The summed E-state index contributed by atoms with van der Waals surface area (Å²) in [7, 11) is 1.86. The standard InChI is InChI=1S/C14H18ClN5O/c1-19-6-5-11(18-19)7-16-13-12(15)8-17-20(14(13)21)9-10-3-2-4-10/h5-6,8,10,16H,2-4,7,9H2,1H3. The first-order chi connectivity index (χ1) is 10.1. The molecule has 1 aliphatic rings. The van der Waals surface area contributed by atoms with Gasteiger partial charge < -0.3 is 5.32 Å². The molecule has 0 atom stereocenters. The number of aryl methyl sites for hydroxylation is 1. The zero-order valence-corrected chi connectivity index (χ0v) is 12.7. The van der Waals surface area contributed by atoms with Crippen molar-refractivity contribution in [3.8, 4) is 0 Å². The Hall–Kier alpha value is -1.82. The number of rotatable bonds is 5. The lowest BCUT2D eigenvalue weighted by molar-refractivity contribution is 0.262. The Bertz CT molecular complexity index is 689. The third-order valence-electron chi connectivity index (χ3n) is 3.87. The smallest absolute Gasteiger partial charge is 0.291 e. The van der Waals surface area contributed by atoms with Crippen LogP contribution < -0.4 is 10.9 Å². The van der Waals surface area contributed by atoms with Crippen LogP contribution in [0.15, 0.2) is 23.3 Å². The van der Waals surface area contributed by atoms with Gasteiger partial charge in [-0.1, -0.05) is 18.0 Å². The predicted octanol–water partition coefficient (Wildman–Crippen LogP) is 2.04. The van der Waals surface area contributed by atoms with Crippen LogP contribution >= 0.6 is 11.6 Å². The molecule has 1 N–H and O–H groups in total. The summed E-state index contributed by atoms with van der Waals surface area (Å²) < 4.78 is 3.23. The summed E-state index contributed by atoms with van der Waals surface area (Å²) in [6, 6.07) is 1.90. The highest BCUT2D eigenvalue weighted by molar-refractivity contribution is 6.32. The highest BCUT2D eigenvalue weighted by Gasteiger charge is 2.20. The fraction of sp³-hybridized carbons (Fsp3) is 0.500. The monoisotopic (exact) mass is 307 g/mol. The van der Waals surface area contributed by atoms with Crippen molar-refractivity contribution in [3.05, 3.63) is 39.5 Å². The first-order valence-electron chi connectivity index (χ1n) is 7.11. The minimum absolute atomic E-state index is 0.162. The van der Waals surface area contributed by atoms with Crippen LogP contribution in [0.2, 0.25) is 5.02 Å². The maximum Gasteiger partial charge on any atom is 0.291 e. The molecule has 7 heteroatoms. The first-order valence-corrected chi connectivity index (χ1v) is 7.49. The second-order valence-electron chi connectivity index (χ2n) is 5.49. The molecule has 2 aromatic heterocycles. The third-order valence-corrected chi connectivity index (χ3v) is 4.16. The summed E-state index contributed by atoms with van der Waals surface area (Å²) in [4.78, 5) is 12.4. The van der Waals surface area contributed by atoms with Gasteiger partial charge in [0.25, 0.3) is 5.56 Å². The summed E-state index contributed by atoms with van der Waals surface area (Å²) in [6.45, 7) is 1.14. The number of halogens is 1. The topological polar surface area (TPSA) is 64.7 Å². The van der Waals surface area contributed by atoms with Gasteiger partial charge in [-0.2, -0.15) is 10.2 Å². The Morgan fingerprint density at radius 2 is 2.29 bits per heavy atom. The van der Waals surface area contributed by atoms with Crippen LogP contribution in [-0.2, 0) is 20.1 Å². The van der Waals surface area contributed by atoms with E-state index in [-0.39, 0.29) is 5.56 Å². The van der Waals surface area contributed by atoms with E-state index in [1.807, 2.05) is 19.3 Å². The molecule has 0 saturated heterocycles. The van der Waals surface area contributed by atoms with E-state index in [0.29, 0.717) is 29.7 Å². The first kappa shape index (κ1) is 14.1. The molecular weight excluding hydrogens is 290 g/mol. The molecule has 2 heterocycles. The van der Waals surface area contributed by atoms with E-state index in [9.17, 15) is 4.79 Å². The second kappa shape index (κ2) is 5.89. The fourth-order valence-electron chi connectivity index (χ4n) is 2.42. The van der Waals surface area contributed by atoms with Crippen LogP contribution in [0.5, 0.6) is 0 Å². The van der Waals surface area contributed by atoms with Crippen LogP contribution in [0.1, 0.15) is 25.0 Å². The number of nitrogens with zero attached hydrogens (tertiary/aromatic N) is 4. The number of anilines is 1. The minimum atomic E-state index is -0.162. The molecule has 0 aliphatic heterocycles. The Morgan fingerprint density at radius 1 is 1.48 bits per heavy atom. The third kappa shape index (κ3) is 3.10. The number of nitrogens with one attached hydrogen (secondary N) is 1. The molecular formula is C14H18ClN5O. The van der Waals surface area contributed by atoms with Crippen molar-refractivity contribution in [1.29, 1.82) is 0 Å². The van der Waals surface area contributed by atoms with E-state index in [1.54, 1.807) is 4.68 Å². The van der Waals surface area contributed by atoms with Crippen LogP contribution in [0.3, 0.4) is 0 Å². The van der Waals surface area contributed by atoms with Gasteiger partial charge in [0.15, 0.2) is 0 Å². The van der Waals surface area contributed by atoms with Crippen LogP contribution in [0.4, 0.5) is 5.69 Å². The van der Waals surface area contributed by atoms with Crippen molar-refractivity contribution in [3.63, 3.8) is 0 Å². The van der Waals surface area contributed by atoms with Crippen molar-refractivity contribution < 1.29 is 0 Å². The quantitative estimate of drug-likeness (QED) is 0.918. The summed E-state index contributed by atoms with van der Waals surface area (Å²) in [5, 5.41) is 11.8. The zero-order valence-electron chi connectivity index (χ0n) is 11.9. The molecule has 1 aliphatic carbocycles. The van der Waals surface area contributed by atoms with Crippen molar-refractivity contribution in [2.75, 3.05) is 5.32 Å². The van der Waals surface area contributed by atoms with E-state index >= 15 is 0 Å². The molecule has 1 saturated carbocycles. The van der Waals surface area contributed by atoms with Crippen LogP contribution in [-0.4, -0.2) is 19.6 Å². The van der Waals surface area contributed by atoms with E-state index in [0.717, 1.165) is 5.69 Å². The van der Waals surface area contributed by atoms with Gasteiger partial charge in [-0.25, -0.2) is 4.68 Å². The zero-order chi connectivity index (χ0) is 14.8. The number of hydrogen-bond acceptors (Lipinski definition) is 4. The summed E-state index contributed by atoms with van der Waals surface area (Å²) in [6.07, 6.45) is 6.99. The maximum atomic E-state index is 12.4. The minimum Gasteiger partial charge on any atom is -0.374 e. The molecule has 0 amide bonds. The lowest BCUT2D eigenvalue weighted by atomic mass is 9.85. The van der Waals surface area contributed by atoms with Gasteiger partial charge in [0.2, 0.25) is 0 Å². The van der Waals surface area contributed by atoms with Gasteiger partial charge in [-0.05, 0) is 24.8 Å². The van der Waals surface area contributed by atoms with Gasteiger partial charge in [-0.3, -0.25) is 9.48 Å². The Labute approximate surface area is 127 Å². The van der Waals surface area contributed by atoms with E-state index in [4.69, 9.17) is 11.6 Å². The highest BCUT2D eigenvalue weighted by Crippen LogP contribution is 2.27. The molecule has 0 unspecified atom stereocenters. The molecule has 2 aromatic rings. The molecule has 6 nitrogen and oxygen atoms in total. The van der Waals surface area contributed by atoms with Crippen LogP contribution in [0.25, 0.3) is 0 Å². The van der Waals surface area contributed by atoms with Crippen LogP contribution in [0, 0.1) is 5.92 Å². The normalized spacial score (nSPS) is 15.0. The van der Waals surface area contributed by atoms with Gasteiger partial charge in [0.05, 0.1) is 23.5 Å². The summed E-state index contributed by atoms with van der Waals surface area (Å²) >= 11 is 6.09. The summed E-state index contributed by atoms with van der Waals surface area (Å²) in [5.41, 5.74) is 1.09. The lowest BCUT2D eigenvalue weighted by Crippen LogP contribution is -2.30. The largest absolute Gasteiger partial charge is 0.374 e. The van der Waals surface area contributed by atoms with Gasteiger partial charge >= 0.3 is 0 Å². The maximum absolute atomic E-state index is 12.4. The van der Waals surface area contributed by atoms with Crippen molar-refractivity contribution in [2.45, 2.75) is 32.4 Å². The van der Waals surface area contributed by atoms with E-state index < -0.39 is 0 Å². The average molecular weight is 308 g/mol. The van der Waals surface area contributed by atoms with Crippen molar-refractivity contribution in [2.24, 2.45) is 13.0 Å². The van der Waals surface area contributed by atoms with Crippen molar-refractivity contribution in [1.82, 2.24) is 19.6 Å². The molecule has 0 spiro atoms. The van der Waals surface area contributed by atoms with Gasteiger partial charge in [0.1, 0.15) is 5.69 Å². The Kier molecular flexibility index (Phi) is 3.96. The summed E-state index contributed by atoms with van der Waals surface area (Å²) in [5.74, 6) is 0.569. The van der Waals surface area contributed by atoms with Crippen molar-refractivity contribution >= 4 is 17.3 Å². The molecule has 0 aromatic carbocycles. The molecule has 0 radical (unpaired) electrons. The molecule has 0 bridgehead atoms. The van der Waals surface area contributed by atoms with Gasteiger partial charge in [-0.15, -0.1) is 0 Å². The molecule has 112 valence electrons. The lowest BCUT2D eigenvalue weighted by Gasteiger charge is -2.25. The number of aromatic nitrogens is 4. The second-order valence-corrected chi connectivity index (χ2v) is 5.89. The Morgan fingerprint density at radius 3 is 2.90 bits per heavy atom. The fourth-order valence-corrected chi connectivity index (χ4v) is 2.61. The Balaban J connectivity index is 1.76. The van der Waals surface area contributed by atoms with E-state index in [1.165, 1.54) is 30.1 Å². The predicted molar refractivity (Wildman–Crippen MR) is 81.4 cm³/mol. The number of hydrogen-bond donors (Lipinski definition) is 1. The van der Waals surface area contributed by atoms with E-state index in [2.05, 4.69) is 15.5 Å². The SMILES string of the molecule is Cn1ccc(CNc2c(Cl)cnn(CC3CCC3)c2=O)n1. The average Bonchev–Trinajstić information content (AvgIpc) is 2.81. The highest BCUT2D eigenvalue weighted by atomic mass is 35.5. The molecule has 3 rings (SSSR count). The van der Waals surface area contributed by atoms with Gasteiger partial charge in [0, 0.05) is 19.8 Å². The molecule has 21 heavy (non-hydrogen) atoms.